The molecule has 4 rings (SSSR count). The van der Waals surface area contributed by atoms with E-state index < -0.39 is 23.2 Å². The number of aliphatic hydroxyl groups is 1. The molecule has 2 aliphatic rings. The summed E-state index contributed by atoms with van der Waals surface area (Å²) in [6, 6.07) is 6.98. The zero-order valence-corrected chi connectivity index (χ0v) is 19.8. The third kappa shape index (κ3) is 5.61. The lowest BCUT2D eigenvalue weighted by Gasteiger charge is -2.48. The Bertz CT molecular complexity index is 1040. The second-order valence-electron chi connectivity index (χ2n) is 9.26. The van der Waals surface area contributed by atoms with E-state index in [1.807, 2.05) is 13.0 Å². The summed E-state index contributed by atoms with van der Waals surface area (Å²) in [4.78, 5) is 15.6. The van der Waals surface area contributed by atoms with Crippen molar-refractivity contribution < 1.29 is 23.1 Å². The maximum Gasteiger partial charge on any atom is 0.416 e. The number of carbonyl (C=O) groups excluding carboxylic acids is 1. The Hall–Kier alpha value is -2.43. The Morgan fingerprint density at radius 3 is 2.62 bits per heavy atom. The predicted octanol–water partition coefficient (Wildman–Crippen LogP) is 3.82. The second-order valence-corrected chi connectivity index (χ2v) is 10.1. The van der Waals surface area contributed by atoms with E-state index >= 15 is 0 Å². The van der Waals surface area contributed by atoms with Crippen molar-refractivity contribution in [1.82, 2.24) is 19.9 Å². The van der Waals surface area contributed by atoms with Crippen LogP contribution < -0.4 is 10.6 Å². The van der Waals surface area contributed by atoms with E-state index in [4.69, 9.17) is 0 Å². The number of benzene rings is 1. The van der Waals surface area contributed by atoms with Gasteiger partial charge in [0.2, 0.25) is 0 Å². The van der Waals surface area contributed by atoms with Crippen LogP contribution in [0.4, 0.5) is 13.2 Å². The molecule has 3 N–H and O–H groups in total. The van der Waals surface area contributed by atoms with Crippen LogP contribution in [0.5, 0.6) is 0 Å². The predicted molar refractivity (Wildman–Crippen MR) is 124 cm³/mol. The molecule has 1 amide bonds. The van der Waals surface area contributed by atoms with Crippen molar-refractivity contribution in [2.45, 2.75) is 56.5 Å². The van der Waals surface area contributed by atoms with E-state index in [-0.39, 0.29) is 18.2 Å². The molecule has 184 valence electrons. The average Bonchev–Trinajstić information content (AvgIpc) is 3.22. The molecule has 0 atom stereocenters. The van der Waals surface area contributed by atoms with Crippen molar-refractivity contribution >= 4 is 17.4 Å². The van der Waals surface area contributed by atoms with Crippen molar-refractivity contribution in [2.24, 2.45) is 0 Å². The normalized spacial score (nSPS) is 23.9. The highest BCUT2D eigenvalue weighted by atomic mass is 32.1. The van der Waals surface area contributed by atoms with Gasteiger partial charge in [0.25, 0.3) is 5.91 Å². The fraction of sp³-hybridized carbons (Fsp3) is 0.500. The van der Waals surface area contributed by atoms with Crippen LogP contribution >= 0.6 is 11.5 Å². The SMILES string of the molecule is C=C(CNC(=O)c1cccc(C(F)(F)F)c1)NC1CN(C2CCC(O)(c3cc(C)ns3)CC2)C1. The second kappa shape index (κ2) is 9.67. The highest BCUT2D eigenvalue weighted by molar-refractivity contribution is 7.06. The molecule has 2 aromatic rings. The van der Waals surface area contributed by atoms with Crippen molar-refractivity contribution in [1.29, 1.82) is 0 Å². The van der Waals surface area contributed by atoms with Crippen molar-refractivity contribution in [3.05, 3.63) is 64.3 Å². The zero-order valence-electron chi connectivity index (χ0n) is 19.0. The first-order valence-corrected chi connectivity index (χ1v) is 12.1. The zero-order chi connectivity index (χ0) is 24.5. The maximum atomic E-state index is 12.8. The largest absolute Gasteiger partial charge is 0.416 e. The Morgan fingerprint density at radius 1 is 1.29 bits per heavy atom. The van der Waals surface area contributed by atoms with E-state index in [1.165, 1.54) is 23.7 Å². The third-order valence-corrected chi connectivity index (χ3v) is 7.69. The monoisotopic (exact) mass is 494 g/mol. The van der Waals surface area contributed by atoms with Gasteiger partial charge in [-0.25, -0.2) is 0 Å². The summed E-state index contributed by atoms with van der Waals surface area (Å²) in [7, 11) is 0. The molecule has 34 heavy (non-hydrogen) atoms. The lowest BCUT2D eigenvalue weighted by atomic mass is 9.79. The molecule has 0 unspecified atom stereocenters. The summed E-state index contributed by atoms with van der Waals surface area (Å²) in [6.07, 6.45) is -1.19. The Morgan fingerprint density at radius 2 is 2.00 bits per heavy atom. The summed E-state index contributed by atoms with van der Waals surface area (Å²) in [5.41, 5.74) is -0.1000. The van der Waals surface area contributed by atoms with Gasteiger partial charge in [0.1, 0.15) is 5.60 Å². The number of hydrogen-bond acceptors (Lipinski definition) is 6. The first-order chi connectivity index (χ1) is 16.0. The Balaban J connectivity index is 1.17. The number of hydrogen-bond donors (Lipinski definition) is 3. The van der Waals surface area contributed by atoms with Gasteiger partial charge in [-0.3, -0.25) is 9.69 Å². The number of halogens is 3. The van der Waals surface area contributed by atoms with Crippen LogP contribution in [0.2, 0.25) is 0 Å². The third-order valence-electron chi connectivity index (χ3n) is 6.62. The van der Waals surface area contributed by atoms with E-state index in [0.717, 1.165) is 61.5 Å². The van der Waals surface area contributed by atoms with Gasteiger partial charge in [-0.1, -0.05) is 12.6 Å². The van der Waals surface area contributed by atoms with Gasteiger partial charge in [-0.05, 0) is 68.4 Å². The minimum atomic E-state index is -4.49. The Labute approximate surface area is 201 Å². The van der Waals surface area contributed by atoms with E-state index in [1.54, 1.807) is 0 Å². The van der Waals surface area contributed by atoms with Crippen molar-refractivity contribution in [3.8, 4) is 0 Å². The van der Waals surface area contributed by atoms with Gasteiger partial charge in [-0.15, -0.1) is 0 Å². The van der Waals surface area contributed by atoms with E-state index in [2.05, 4.69) is 26.5 Å². The van der Waals surface area contributed by atoms with Crippen molar-refractivity contribution in [2.75, 3.05) is 19.6 Å². The molecular weight excluding hydrogens is 465 g/mol. The first kappa shape index (κ1) is 24.7. The number of aromatic nitrogens is 1. The molecule has 1 aliphatic heterocycles. The Kier molecular flexibility index (Phi) is 7.02. The summed E-state index contributed by atoms with van der Waals surface area (Å²) in [5, 5.41) is 16.9. The van der Waals surface area contributed by atoms with Crippen LogP contribution in [0, 0.1) is 6.92 Å². The number of nitrogens with zero attached hydrogens (tertiary/aromatic N) is 2. The quantitative estimate of drug-likeness (QED) is 0.546. The maximum absolute atomic E-state index is 12.8. The molecule has 1 aliphatic carbocycles. The molecule has 6 nitrogen and oxygen atoms in total. The minimum Gasteiger partial charge on any atom is -0.384 e. The molecule has 0 spiro atoms. The molecule has 2 fully saturated rings. The van der Waals surface area contributed by atoms with Crippen LogP contribution in [0.25, 0.3) is 0 Å². The number of aryl methyl sites for hydroxylation is 1. The average molecular weight is 495 g/mol. The van der Waals surface area contributed by atoms with Crippen LogP contribution in [0.1, 0.15) is 52.2 Å². The van der Waals surface area contributed by atoms with Crippen LogP contribution in [0.15, 0.2) is 42.6 Å². The van der Waals surface area contributed by atoms with Gasteiger partial charge >= 0.3 is 6.18 Å². The molecule has 1 saturated carbocycles. The number of amides is 1. The molecule has 0 bridgehead atoms. The van der Waals surface area contributed by atoms with Gasteiger partial charge < -0.3 is 15.7 Å². The van der Waals surface area contributed by atoms with Crippen LogP contribution in [0.3, 0.4) is 0 Å². The minimum absolute atomic E-state index is 0.0387. The molecular formula is C24H29F3N4O2S. The molecule has 10 heteroatoms. The smallest absolute Gasteiger partial charge is 0.384 e. The topological polar surface area (TPSA) is 77.5 Å². The first-order valence-electron chi connectivity index (χ1n) is 11.3. The molecule has 0 radical (unpaired) electrons. The van der Waals surface area contributed by atoms with Crippen molar-refractivity contribution in [3.63, 3.8) is 0 Å². The van der Waals surface area contributed by atoms with E-state index in [9.17, 15) is 23.1 Å². The number of nitrogens with one attached hydrogen (secondary N) is 2. The summed E-state index contributed by atoms with van der Waals surface area (Å²) >= 11 is 1.39. The molecule has 2 heterocycles. The number of likely N-dealkylation sites (tertiary alicyclic amines) is 1. The fourth-order valence-corrected chi connectivity index (χ4v) is 5.53. The van der Waals surface area contributed by atoms with Crippen LogP contribution in [-0.4, -0.2) is 52.0 Å². The van der Waals surface area contributed by atoms with Gasteiger partial charge in [0.05, 0.1) is 28.7 Å². The summed E-state index contributed by atoms with van der Waals surface area (Å²) < 4.78 is 42.8. The van der Waals surface area contributed by atoms with Gasteiger partial charge in [0, 0.05) is 30.4 Å². The number of carbonyl (C=O) groups is 1. The summed E-state index contributed by atoms with van der Waals surface area (Å²) in [6.45, 7) is 7.70. The van der Waals surface area contributed by atoms with Crippen LogP contribution in [-0.2, 0) is 11.8 Å². The number of rotatable bonds is 7. The summed E-state index contributed by atoms with van der Waals surface area (Å²) in [5.74, 6) is -0.574. The standard InChI is InChI=1S/C24H29F3N4O2S/c1-15-10-21(34-30-15)23(33)8-6-20(7-9-23)31-13-19(14-31)29-16(2)12-28-22(32)17-4-3-5-18(11-17)24(25,26)27/h3-5,10-11,19-20,29,33H,2,6-9,12-14H2,1H3,(H,28,32). The fourth-order valence-electron chi connectivity index (χ4n) is 4.64. The van der Waals surface area contributed by atoms with Gasteiger partial charge in [0.15, 0.2) is 0 Å². The molecule has 1 aromatic carbocycles. The highest BCUT2D eigenvalue weighted by Gasteiger charge is 2.41. The van der Waals surface area contributed by atoms with Gasteiger partial charge in [-0.2, -0.15) is 17.5 Å². The van der Waals surface area contributed by atoms with E-state index in [0.29, 0.717) is 11.7 Å². The molecule has 1 aromatic heterocycles. The lowest BCUT2D eigenvalue weighted by Crippen LogP contribution is -2.62. The lowest BCUT2D eigenvalue weighted by molar-refractivity contribution is -0.137. The molecule has 1 saturated heterocycles. The number of alkyl halides is 3. The highest BCUT2D eigenvalue weighted by Crippen LogP contribution is 2.41.